The summed E-state index contributed by atoms with van der Waals surface area (Å²) < 4.78 is 13.3. The average molecular weight is 307 g/mol. The van der Waals surface area contributed by atoms with Crippen molar-refractivity contribution in [2.24, 2.45) is 0 Å². The van der Waals surface area contributed by atoms with Crippen molar-refractivity contribution in [1.29, 1.82) is 0 Å². The van der Waals surface area contributed by atoms with Crippen LogP contribution in [0.5, 0.6) is 0 Å². The lowest BCUT2D eigenvalue weighted by Crippen LogP contribution is -2.03. The van der Waals surface area contributed by atoms with Gasteiger partial charge in [-0.3, -0.25) is 4.79 Å². The Morgan fingerprint density at radius 1 is 1.25 bits per heavy atom. The van der Waals surface area contributed by atoms with E-state index in [1.807, 2.05) is 24.3 Å². The monoisotopic (exact) mass is 306 g/mol. The predicted molar refractivity (Wildman–Crippen MR) is 83.3 cm³/mol. The van der Waals surface area contributed by atoms with Gasteiger partial charge in [0.2, 0.25) is 0 Å². The molecule has 0 aliphatic heterocycles. The molecule has 0 saturated carbocycles. The van der Waals surface area contributed by atoms with E-state index in [4.69, 9.17) is 23.8 Å². The first-order valence-corrected chi connectivity index (χ1v) is 6.98. The topological polar surface area (TPSA) is 17.1 Å². The molecule has 0 unspecified atom stereocenters. The molecule has 0 saturated heterocycles. The molecular weight excluding hydrogens is 295 g/mol. The number of carbonyl (C=O) groups excluding carboxylic acids is 1. The van der Waals surface area contributed by atoms with Crippen LogP contribution in [0.2, 0.25) is 5.02 Å². The van der Waals surface area contributed by atoms with Gasteiger partial charge in [0.1, 0.15) is 5.82 Å². The molecule has 0 radical (unpaired) electrons. The fraction of sp³-hybridized carbons (Fsp3) is 0.125. The van der Waals surface area contributed by atoms with Gasteiger partial charge in [0.25, 0.3) is 0 Å². The first-order valence-electron chi connectivity index (χ1n) is 6.13. The summed E-state index contributed by atoms with van der Waals surface area (Å²) in [6.45, 7) is 0. The van der Waals surface area contributed by atoms with Crippen LogP contribution in [0.1, 0.15) is 27.9 Å². The van der Waals surface area contributed by atoms with Crippen molar-refractivity contribution in [1.82, 2.24) is 0 Å². The summed E-state index contributed by atoms with van der Waals surface area (Å²) in [7, 11) is 0. The molecule has 1 nitrogen and oxygen atoms in total. The van der Waals surface area contributed by atoms with Crippen molar-refractivity contribution >= 4 is 35.0 Å². The van der Waals surface area contributed by atoms with E-state index >= 15 is 0 Å². The molecule has 102 valence electrons. The highest BCUT2D eigenvalue weighted by Gasteiger charge is 2.10. The summed E-state index contributed by atoms with van der Waals surface area (Å²) in [5.41, 5.74) is 2.30. The van der Waals surface area contributed by atoms with Gasteiger partial charge in [-0.15, -0.1) is 0 Å². The van der Waals surface area contributed by atoms with E-state index in [1.54, 1.807) is 11.4 Å². The largest absolute Gasteiger partial charge is 0.294 e. The number of Topliss-reactive ketones (excluding diaryl/α,β-unsaturated/α-hetero) is 1. The van der Waals surface area contributed by atoms with Crippen LogP contribution in [0.3, 0.4) is 0 Å². The van der Waals surface area contributed by atoms with E-state index in [9.17, 15) is 9.18 Å². The number of halogens is 2. The molecule has 4 heteroatoms. The Bertz CT molecular complexity index is 655. The molecule has 0 aromatic heterocycles. The normalized spacial score (nSPS) is 10.3. The number of carbonyl (C=O) groups is 1. The van der Waals surface area contributed by atoms with Crippen LogP contribution in [0, 0.1) is 5.82 Å². The lowest BCUT2D eigenvalue weighted by atomic mass is 10.00. The molecule has 0 aliphatic rings. The minimum absolute atomic E-state index is 0.0209. The lowest BCUT2D eigenvalue weighted by Gasteiger charge is -2.05. The SMILES string of the molecule is O=C(CCc1ccccc1C=S)c1ccc(Cl)c(F)c1. The number of aryl methyl sites for hydroxylation is 1. The molecular formula is C16H12ClFOS. The van der Waals surface area contributed by atoms with Crippen molar-refractivity contribution in [3.8, 4) is 0 Å². The Morgan fingerprint density at radius 3 is 2.70 bits per heavy atom. The van der Waals surface area contributed by atoms with Crippen LogP contribution in [0.15, 0.2) is 42.5 Å². The maximum atomic E-state index is 13.3. The van der Waals surface area contributed by atoms with Crippen LogP contribution in [0.25, 0.3) is 0 Å². The molecule has 0 spiro atoms. The highest BCUT2D eigenvalue weighted by molar-refractivity contribution is 7.79. The van der Waals surface area contributed by atoms with Crippen LogP contribution >= 0.6 is 23.8 Å². The van der Waals surface area contributed by atoms with Crippen molar-refractivity contribution in [3.63, 3.8) is 0 Å². The third-order valence-electron chi connectivity index (χ3n) is 3.05. The summed E-state index contributed by atoms with van der Waals surface area (Å²) in [5, 5.41) is 1.62. The second-order valence-corrected chi connectivity index (χ2v) is 5.01. The summed E-state index contributed by atoms with van der Waals surface area (Å²) >= 11 is 10.5. The Kier molecular flexibility index (Phi) is 4.99. The van der Waals surface area contributed by atoms with Gasteiger partial charge in [0.05, 0.1) is 5.02 Å². The summed E-state index contributed by atoms with van der Waals surface area (Å²) in [6.07, 6.45) is 0.883. The Labute approximate surface area is 127 Å². The van der Waals surface area contributed by atoms with Crippen LogP contribution in [-0.2, 0) is 6.42 Å². The van der Waals surface area contributed by atoms with Crippen molar-refractivity contribution < 1.29 is 9.18 Å². The molecule has 0 aliphatic carbocycles. The fourth-order valence-corrected chi connectivity index (χ4v) is 2.29. The van der Waals surface area contributed by atoms with Gasteiger partial charge in [-0.1, -0.05) is 48.1 Å². The summed E-state index contributed by atoms with van der Waals surface area (Å²) in [6, 6.07) is 11.8. The zero-order valence-electron chi connectivity index (χ0n) is 10.6. The second kappa shape index (κ2) is 6.73. The first-order chi connectivity index (χ1) is 9.61. The van der Waals surface area contributed by atoms with Crippen LogP contribution in [-0.4, -0.2) is 11.2 Å². The highest BCUT2D eigenvalue weighted by Crippen LogP contribution is 2.18. The summed E-state index contributed by atoms with van der Waals surface area (Å²) in [4.78, 5) is 12.0. The molecule has 0 fully saturated rings. The minimum Gasteiger partial charge on any atom is -0.294 e. The van der Waals surface area contributed by atoms with Gasteiger partial charge in [0.15, 0.2) is 5.78 Å². The van der Waals surface area contributed by atoms with Crippen LogP contribution in [0.4, 0.5) is 4.39 Å². The molecule has 2 aromatic rings. The van der Waals surface area contributed by atoms with Crippen LogP contribution < -0.4 is 0 Å². The number of thiocarbonyl (C=S) groups is 1. The number of hydrogen-bond acceptors (Lipinski definition) is 2. The molecule has 0 bridgehead atoms. The number of ketones is 1. The zero-order chi connectivity index (χ0) is 14.5. The van der Waals surface area contributed by atoms with Gasteiger partial charge in [0, 0.05) is 17.4 Å². The molecule has 20 heavy (non-hydrogen) atoms. The van der Waals surface area contributed by atoms with E-state index in [2.05, 4.69) is 0 Å². The molecule has 2 aromatic carbocycles. The number of rotatable bonds is 5. The van der Waals surface area contributed by atoms with E-state index in [-0.39, 0.29) is 10.8 Å². The predicted octanol–water partition coefficient (Wildman–Crippen LogP) is 4.64. The quantitative estimate of drug-likeness (QED) is 0.591. The van der Waals surface area contributed by atoms with Crippen molar-refractivity contribution in [3.05, 3.63) is 70.0 Å². The zero-order valence-corrected chi connectivity index (χ0v) is 12.2. The van der Waals surface area contributed by atoms with Gasteiger partial charge in [-0.05, 0) is 35.7 Å². The number of hydrogen-bond donors (Lipinski definition) is 0. The second-order valence-electron chi connectivity index (χ2n) is 4.37. The Morgan fingerprint density at radius 2 is 2.00 bits per heavy atom. The maximum Gasteiger partial charge on any atom is 0.163 e. The molecule has 2 rings (SSSR count). The minimum atomic E-state index is -0.572. The van der Waals surface area contributed by atoms with Gasteiger partial charge < -0.3 is 0 Å². The number of benzene rings is 2. The fourth-order valence-electron chi connectivity index (χ4n) is 1.94. The molecule has 0 N–H and O–H groups in total. The van der Waals surface area contributed by atoms with E-state index in [0.717, 1.165) is 11.1 Å². The summed E-state index contributed by atoms with van der Waals surface area (Å²) in [5.74, 6) is -0.684. The Balaban J connectivity index is 2.08. The third-order valence-corrected chi connectivity index (χ3v) is 3.61. The van der Waals surface area contributed by atoms with Gasteiger partial charge in [-0.2, -0.15) is 0 Å². The highest BCUT2D eigenvalue weighted by atomic mass is 35.5. The van der Waals surface area contributed by atoms with Gasteiger partial charge >= 0.3 is 0 Å². The van der Waals surface area contributed by atoms with E-state index in [1.165, 1.54) is 12.1 Å². The van der Waals surface area contributed by atoms with Crippen molar-refractivity contribution in [2.75, 3.05) is 0 Å². The van der Waals surface area contributed by atoms with Gasteiger partial charge in [-0.25, -0.2) is 4.39 Å². The maximum absolute atomic E-state index is 13.3. The molecule has 0 atom stereocenters. The first kappa shape index (κ1) is 14.8. The third kappa shape index (κ3) is 3.50. The Hall–Kier alpha value is -1.58. The van der Waals surface area contributed by atoms with E-state index < -0.39 is 5.82 Å². The smallest absolute Gasteiger partial charge is 0.163 e. The standard InChI is InChI=1S/C16H12ClFOS/c17-14-7-5-12(9-15(14)18)16(19)8-6-11-3-1-2-4-13(11)10-20/h1-5,7,9-10H,6,8H2. The molecule has 0 heterocycles. The molecule has 0 amide bonds. The average Bonchev–Trinajstić information content (AvgIpc) is 2.47. The van der Waals surface area contributed by atoms with E-state index in [0.29, 0.717) is 18.4 Å². The van der Waals surface area contributed by atoms with Crippen molar-refractivity contribution in [2.45, 2.75) is 12.8 Å². The lowest BCUT2D eigenvalue weighted by molar-refractivity contribution is 0.0982.